The minimum atomic E-state index is -1.58. The van der Waals surface area contributed by atoms with E-state index in [0.29, 0.717) is 5.75 Å². The SMILES string of the molecule is COc1ccc(COC(C)C(C)(Oc2ccc(O)cc2)C(=O)O)cc1. The van der Waals surface area contributed by atoms with Crippen LogP contribution in [0.4, 0.5) is 0 Å². The zero-order chi connectivity index (χ0) is 18.4. The van der Waals surface area contributed by atoms with Gasteiger partial charge in [0.2, 0.25) is 5.60 Å². The fourth-order valence-corrected chi connectivity index (χ4v) is 2.16. The molecule has 2 aromatic rings. The quantitative estimate of drug-likeness (QED) is 0.763. The molecule has 0 spiro atoms. The number of hydrogen-bond donors (Lipinski definition) is 2. The summed E-state index contributed by atoms with van der Waals surface area (Å²) < 4.78 is 16.5. The molecule has 0 saturated carbocycles. The van der Waals surface area contributed by atoms with Crippen LogP contribution in [0.15, 0.2) is 48.5 Å². The lowest BCUT2D eigenvalue weighted by atomic mass is 10.00. The Hall–Kier alpha value is -2.73. The number of methoxy groups -OCH3 is 1. The number of phenolic OH excluding ortho intramolecular Hbond substituents is 1. The van der Waals surface area contributed by atoms with Gasteiger partial charge in [-0.1, -0.05) is 12.1 Å². The lowest BCUT2D eigenvalue weighted by Crippen LogP contribution is -2.51. The number of rotatable bonds is 8. The predicted molar refractivity (Wildman–Crippen MR) is 92.0 cm³/mol. The smallest absolute Gasteiger partial charge is 0.350 e. The molecule has 2 aromatic carbocycles. The van der Waals surface area contributed by atoms with Gasteiger partial charge in [0.15, 0.2) is 0 Å². The highest BCUT2D eigenvalue weighted by Crippen LogP contribution is 2.26. The van der Waals surface area contributed by atoms with E-state index in [2.05, 4.69) is 0 Å². The number of carboxylic acids is 1. The van der Waals surface area contributed by atoms with Crippen molar-refractivity contribution in [2.75, 3.05) is 7.11 Å². The van der Waals surface area contributed by atoms with E-state index in [4.69, 9.17) is 14.2 Å². The van der Waals surface area contributed by atoms with Gasteiger partial charge in [-0.2, -0.15) is 0 Å². The summed E-state index contributed by atoms with van der Waals surface area (Å²) in [5.41, 5.74) is -0.686. The van der Waals surface area contributed by atoms with Crippen molar-refractivity contribution in [2.24, 2.45) is 0 Å². The molecule has 2 N–H and O–H groups in total. The van der Waals surface area contributed by atoms with Gasteiger partial charge < -0.3 is 24.4 Å². The van der Waals surface area contributed by atoms with E-state index >= 15 is 0 Å². The van der Waals surface area contributed by atoms with Crippen molar-refractivity contribution in [1.82, 2.24) is 0 Å². The van der Waals surface area contributed by atoms with Crippen LogP contribution in [-0.2, 0) is 16.1 Å². The van der Waals surface area contributed by atoms with Crippen molar-refractivity contribution in [2.45, 2.75) is 32.2 Å². The molecule has 0 bridgehead atoms. The highest BCUT2D eigenvalue weighted by Gasteiger charge is 2.42. The number of carbonyl (C=O) groups is 1. The standard InChI is InChI=1S/C19H22O6/c1-13(24-12-14-4-8-16(23-3)9-5-14)19(2,18(21)22)25-17-10-6-15(20)7-11-17/h4-11,13,20H,12H2,1-3H3,(H,21,22). The molecule has 2 atom stereocenters. The fraction of sp³-hybridized carbons (Fsp3) is 0.316. The number of carboxylic acid groups (broad SMARTS) is 1. The average Bonchev–Trinajstić information content (AvgIpc) is 2.61. The van der Waals surface area contributed by atoms with Gasteiger partial charge in [0, 0.05) is 0 Å². The number of hydrogen-bond acceptors (Lipinski definition) is 5. The first kappa shape index (κ1) is 18.6. The average molecular weight is 346 g/mol. The maximum atomic E-state index is 11.8. The Labute approximate surface area is 146 Å². The van der Waals surface area contributed by atoms with Crippen molar-refractivity contribution in [3.8, 4) is 17.2 Å². The summed E-state index contributed by atoms with van der Waals surface area (Å²) in [5.74, 6) is 0.0152. The molecule has 25 heavy (non-hydrogen) atoms. The first-order valence-corrected chi connectivity index (χ1v) is 7.81. The molecular formula is C19H22O6. The van der Waals surface area contributed by atoms with Crippen LogP contribution in [-0.4, -0.2) is 35.0 Å². The molecule has 0 aromatic heterocycles. The number of aromatic hydroxyl groups is 1. The third-order valence-electron chi connectivity index (χ3n) is 4.03. The molecule has 0 aliphatic carbocycles. The van der Waals surface area contributed by atoms with E-state index in [1.165, 1.54) is 31.2 Å². The van der Waals surface area contributed by atoms with Crippen LogP contribution in [0.3, 0.4) is 0 Å². The zero-order valence-corrected chi connectivity index (χ0v) is 14.4. The van der Waals surface area contributed by atoms with Crippen LogP contribution in [0.25, 0.3) is 0 Å². The van der Waals surface area contributed by atoms with Crippen LogP contribution in [0.5, 0.6) is 17.2 Å². The number of benzene rings is 2. The highest BCUT2D eigenvalue weighted by molar-refractivity contribution is 5.78. The van der Waals surface area contributed by atoms with Crippen molar-refractivity contribution in [1.29, 1.82) is 0 Å². The Morgan fingerprint density at radius 1 is 1.08 bits per heavy atom. The maximum Gasteiger partial charge on any atom is 0.350 e. The van der Waals surface area contributed by atoms with Crippen LogP contribution in [0.2, 0.25) is 0 Å². The number of phenols is 1. The molecule has 0 aliphatic heterocycles. The summed E-state index contributed by atoms with van der Waals surface area (Å²) in [7, 11) is 1.59. The molecule has 0 radical (unpaired) electrons. The Kier molecular flexibility index (Phi) is 5.88. The van der Waals surface area contributed by atoms with Crippen LogP contribution < -0.4 is 9.47 Å². The molecule has 0 aliphatic rings. The Balaban J connectivity index is 2.06. The predicted octanol–water partition coefficient (Wildman–Crippen LogP) is 3.23. The molecule has 0 fully saturated rings. The fourth-order valence-electron chi connectivity index (χ4n) is 2.16. The van der Waals surface area contributed by atoms with Crippen molar-refractivity contribution in [3.63, 3.8) is 0 Å². The molecular weight excluding hydrogens is 324 g/mol. The molecule has 0 heterocycles. The molecule has 6 heteroatoms. The van der Waals surface area contributed by atoms with Gasteiger partial charge in [-0.05, 0) is 55.8 Å². The Morgan fingerprint density at radius 3 is 2.16 bits per heavy atom. The topological polar surface area (TPSA) is 85.2 Å². The van der Waals surface area contributed by atoms with E-state index in [-0.39, 0.29) is 12.4 Å². The maximum absolute atomic E-state index is 11.8. The summed E-state index contributed by atoms with van der Waals surface area (Å²) in [6.07, 6.45) is -0.721. The third kappa shape index (κ3) is 4.64. The van der Waals surface area contributed by atoms with Crippen LogP contribution >= 0.6 is 0 Å². The summed E-state index contributed by atoms with van der Waals surface area (Å²) in [4.78, 5) is 11.8. The van der Waals surface area contributed by atoms with Gasteiger partial charge >= 0.3 is 5.97 Å². The Morgan fingerprint density at radius 2 is 1.64 bits per heavy atom. The number of ether oxygens (including phenoxy) is 3. The summed E-state index contributed by atoms with van der Waals surface area (Å²) in [5, 5.41) is 18.9. The van der Waals surface area contributed by atoms with Gasteiger partial charge in [0.05, 0.1) is 13.7 Å². The monoisotopic (exact) mass is 346 g/mol. The Bertz CT molecular complexity index is 695. The minimum absolute atomic E-state index is 0.0770. The summed E-state index contributed by atoms with van der Waals surface area (Å²) >= 11 is 0. The normalized spacial score (nSPS) is 14.4. The first-order valence-electron chi connectivity index (χ1n) is 7.81. The first-order chi connectivity index (χ1) is 11.8. The van der Waals surface area contributed by atoms with Gasteiger partial charge in [-0.15, -0.1) is 0 Å². The zero-order valence-electron chi connectivity index (χ0n) is 14.4. The largest absolute Gasteiger partial charge is 0.508 e. The molecule has 2 rings (SSSR count). The summed E-state index contributed by atoms with van der Waals surface area (Å²) in [6.45, 7) is 3.35. The second-order valence-electron chi connectivity index (χ2n) is 5.81. The highest BCUT2D eigenvalue weighted by atomic mass is 16.6. The number of aliphatic carboxylic acids is 1. The second-order valence-corrected chi connectivity index (χ2v) is 5.81. The summed E-state index contributed by atoms with van der Waals surface area (Å²) in [6, 6.07) is 13.2. The second kappa shape index (κ2) is 7.90. The van der Waals surface area contributed by atoms with E-state index in [1.54, 1.807) is 14.0 Å². The van der Waals surface area contributed by atoms with Crippen molar-refractivity contribution < 1.29 is 29.2 Å². The van der Waals surface area contributed by atoms with Gasteiger partial charge in [-0.25, -0.2) is 4.79 Å². The molecule has 134 valence electrons. The lowest BCUT2D eigenvalue weighted by molar-refractivity contribution is -0.168. The molecule has 2 unspecified atom stereocenters. The molecule has 0 amide bonds. The molecule has 0 saturated heterocycles. The van der Waals surface area contributed by atoms with Gasteiger partial charge in [0.1, 0.15) is 23.4 Å². The van der Waals surface area contributed by atoms with E-state index in [9.17, 15) is 15.0 Å². The minimum Gasteiger partial charge on any atom is -0.508 e. The van der Waals surface area contributed by atoms with E-state index in [0.717, 1.165) is 11.3 Å². The third-order valence-corrected chi connectivity index (χ3v) is 4.03. The van der Waals surface area contributed by atoms with Crippen molar-refractivity contribution in [3.05, 3.63) is 54.1 Å². The van der Waals surface area contributed by atoms with Crippen molar-refractivity contribution >= 4 is 5.97 Å². The van der Waals surface area contributed by atoms with Gasteiger partial charge in [0.25, 0.3) is 0 Å². The van der Waals surface area contributed by atoms with E-state index < -0.39 is 17.7 Å². The van der Waals surface area contributed by atoms with E-state index in [1.807, 2.05) is 24.3 Å². The molecule has 6 nitrogen and oxygen atoms in total. The van der Waals surface area contributed by atoms with Crippen LogP contribution in [0, 0.1) is 0 Å². The van der Waals surface area contributed by atoms with Gasteiger partial charge in [-0.3, -0.25) is 0 Å². The lowest BCUT2D eigenvalue weighted by Gasteiger charge is -2.32. The van der Waals surface area contributed by atoms with Crippen LogP contribution in [0.1, 0.15) is 19.4 Å².